The van der Waals surface area contributed by atoms with E-state index in [-0.39, 0.29) is 31.1 Å². The second kappa shape index (κ2) is 44.0. The van der Waals surface area contributed by atoms with Crippen LogP contribution in [0.1, 0.15) is 279 Å². The lowest BCUT2D eigenvalue weighted by Crippen LogP contribution is -2.30. The highest BCUT2D eigenvalue weighted by Crippen LogP contribution is 2.17. The molecule has 0 radical (unpaired) electrons. The first-order valence-electron chi connectivity index (χ1n) is 25.2. The Bertz CT molecular complexity index is 870. The third kappa shape index (κ3) is 45.3. The van der Waals surface area contributed by atoms with E-state index in [1.54, 1.807) is 0 Å². The third-order valence-electron chi connectivity index (χ3n) is 11.5. The Balaban J connectivity index is 4.19. The van der Waals surface area contributed by atoms with Gasteiger partial charge in [0.1, 0.15) is 13.2 Å². The Kier molecular flexibility index (Phi) is 42.7. The Morgan fingerprint density at radius 2 is 0.579 bits per heavy atom. The summed E-state index contributed by atoms with van der Waals surface area (Å²) in [5.74, 6) is 0.818. The fraction of sp³-hybridized carbons (Fsp3) is 0.941. The zero-order valence-corrected chi connectivity index (χ0v) is 39.0. The molecule has 6 heteroatoms. The van der Waals surface area contributed by atoms with E-state index in [4.69, 9.17) is 14.2 Å². The van der Waals surface area contributed by atoms with Crippen molar-refractivity contribution in [2.24, 2.45) is 11.8 Å². The number of ether oxygens (including phenoxy) is 3. The first kappa shape index (κ1) is 55.4. The predicted molar refractivity (Wildman–Crippen MR) is 243 cm³/mol. The zero-order valence-electron chi connectivity index (χ0n) is 39.0. The third-order valence-corrected chi connectivity index (χ3v) is 11.5. The van der Waals surface area contributed by atoms with Crippen LogP contribution in [0.3, 0.4) is 0 Å². The second-order valence-corrected chi connectivity index (χ2v) is 18.4. The summed E-state index contributed by atoms with van der Waals surface area (Å²) in [6, 6.07) is 0. The molecule has 0 bridgehead atoms. The highest BCUT2D eigenvalue weighted by molar-refractivity contribution is 5.71. The first-order valence-corrected chi connectivity index (χ1v) is 25.2. The summed E-state index contributed by atoms with van der Waals surface area (Å²) in [4.78, 5) is 37.7. The standard InChI is InChI=1S/C51H98O6/c1-6-7-8-9-24-31-36-41-49(52)55-44-48(57-51(54)43-38-33-28-23-19-15-17-21-26-30-35-40-47(4)5)45-56-50(53)42-37-32-27-22-18-14-12-10-11-13-16-20-25-29-34-39-46(2)3/h46-48H,6-45H2,1-5H3/t48-/m1/s1. The molecule has 0 aliphatic carbocycles. The van der Waals surface area contributed by atoms with E-state index in [9.17, 15) is 14.4 Å². The SMILES string of the molecule is CCCCCCCCCC(=O)OC[C@H](COC(=O)CCCCCCCCCCCCCCCCCC(C)C)OC(=O)CCCCCCCCCCCCCC(C)C. The van der Waals surface area contributed by atoms with Crippen molar-refractivity contribution in [1.29, 1.82) is 0 Å². The van der Waals surface area contributed by atoms with Gasteiger partial charge >= 0.3 is 17.9 Å². The van der Waals surface area contributed by atoms with Crippen LogP contribution in [0.2, 0.25) is 0 Å². The summed E-state index contributed by atoms with van der Waals surface area (Å²) in [5, 5.41) is 0. The Morgan fingerprint density at radius 1 is 0.333 bits per heavy atom. The molecule has 0 saturated heterocycles. The van der Waals surface area contributed by atoms with Gasteiger partial charge in [0.15, 0.2) is 6.10 Å². The molecule has 57 heavy (non-hydrogen) atoms. The van der Waals surface area contributed by atoms with Crippen LogP contribution in [0.25, 0.3) is 0 Å². The largest absolute Gasteiger partial charge is 0.462 e. The molecule has 0 unspecified atom stereocenters. The lowest BCUT2D eigenvalue weighted by molar-refractivity contribution is -0.167. The minimum atomic E-state index is -0.760. The van der Waals surface area contributed by atoms with Gasteiger partial charge < -0.3 is 14.2 Å². The molecule has 0 amide bonds. The van der Waals surface area contributed by atoms with Crippen molar-refractivity contribution in [2.75, 3.05) is 13.2 Å². The minimum absolute atomic E-state index is 0.0642. The first-order chi connectivity index (χ1) is 27.7. The quantitative estimate of drug-likeness (QED) is 0.0346. The van der Waals surface area contributed by atoms with Crippen molar-refractivity contribution in [3.05, 3.63) is 0 Å². The van der Waals surface area contributed by atoms with Gasteiger partial charge in [-0.3, -0.25) is 14.4 Å². The number of hydrogen-bond acceptors (Lipinski definition) is 6. The highest BCUT2D eigenvalue weighted by Gasteiger charge is 2.19. The van der Waals surface area contributed by atoms with Crippen LogP contribution in [0, 0.1) is 11.8 Å². The fourth-order valence-electron chi connectivity index (χ4n) is 7.64. The summed E-state index contributed by atoms with van der Waals surface area (Å²) in [5.41, 5.74) is 0. The second-order valence-electron chi connectivity index (χ2n) is 18.4. The van der Waals surface area contributed by atoms with Crippen LogP contribution in [-0.2, 0) is 28.6 Å². The zero-order chi connectivity index (χ0) is 41.9. The summed E-state index contributed by atoms with van der Waals surface area (Å²) in [7, 11) is 0. The molecule has 0 aromatic heterocycles. The average Bonchev–Trinajstić information content (AvgIpc) is 3.18. The van der Waals surface area contributed by atoms with Gasteiger partial charge in [-0.2, -0.15) is 0 Å². The molecule has 0 saturated carbocycles. The normalized spacial score (nSPS) is 12.1. The Hall–Kier alpha value is -1.59. The molecule has 0 aliphatic heterocycles. The van der Waals surface area contributed by atoms with Gasteiger partial charge in [0.25, 0.3) is 0 Å². The van der Waals surface area contributed by atoms with Crippen LogP contribution in [-0.4, -0.2) is 37.2 Å². The Labute approximate surface area is 355 Å². The monoisotopic (exact) mass is 807 g/mol. The van der Waals surface area contributed by atoms with Crippen LogP contribution in [0.5, 0.6) is 0 Å². The average molecular weight is 807 g/mol. The molecular weight excluding hydrogens is 709 g/mol. The van der Waals surface area contributed by atoms with Crippen LogP contribution in [0.15, 0.2) is 0 Å². The molecule has 0 rings (SSSR count). The smallest absolute Gasteiger partial charge is 0.306 e. The van der Waals surface area contributed by atoms with Gasteiger partial charge in [-0.15, -0.1) is 0 Å². The number of carbonyl (C=O) groups is 3. The van der Waals surface area contributed by atoms with E-state index in [1.165, 1.54) is 167 Å². The lowest BCUT2D eigenvalue weighted by Gasteiger charge is -2.18. The van der Waals surface area contributed by atoms with Crippen molar-refractivity contribution in [1.82, 2.24) is 0 Å². The van der Waals surface area contributed by atoms with Crippen LogP contribution < -0.4 is 0 Å². The van der Waals surface area contributed by atoms with Crippen molar-refractivity contribution in [3.63, 3.8) is 0 Å². The number of carbonyl (C=O) groups excluding carboxylic acids is 3. The van der Waals surface area contributed by atoms with Crippen LogP contribution in [0.4, 0.5) is 0 Å². The molecule has 0 aromatic carbocycles. The summed E-state index contributed by atoms with van der Waals surface area (Å²) in [6.07, 6.45) is 43.9. The van der Waals surface area contributed by atoms with E-state index in [0.29, 0.717) is 19.3 Å². The summed E-state index contributed by atoms with van der Waals surface area (Å²) >= 11 is 0. The fourth-order valence-corrected chi connectivity index (χ4v) is 7.64. The summed E-state index contributed by atoms with van der Waals surface area (Å²) < 4.78 is 16.7. The van der Waals surface area contributed by atoms with E-state index < -0.39 is 6.10 Å². The maximum atomic E-state index is 12.7. The molecule has 0 heterocycles. The number of hydrogen-bond donors (Lipinski definition) is 0. The molecule has 0 aromatic rings. The minimum Gasteiger partial charge on any atom is -0.462 e. The molecule has 0 spiro atoms. The van der Waals surface area contributed by atoms with E-state index >= 15 is 0 Å². The molecule has 6 nitrogen and oxygen atoms in total. The van der Waals surface area contributed by atoms with Crippen molar-refractivity contribution in [2.45, 2.75) is 285 Å². The van der Waals surface area contributed by atoms with Crippen LogP contribution >= 0.6 is 0 Å². The van der Waals surface area contributed by atoms with Gasteiger partial charge in [-0.1, -0.05) is 240 Å². The van der Waals surface area contributed by atoms with Crippen molar-refractivity contribution < 1.29 is 28.6 Å². The maximum absolute atomic E-state index is 12.7. The van der Waals surface area contributed by atoms with Crippen molar-refractivity contribution >= 4 is 17.9 Å². The molecule has 0 aliphatic rings. The van der Waals surface area contributed by atoms with E-state index in [1.807, 2.05) is 0 Å². The highest BCUT2D eigenvalue weighted by atomic mass is 16.6. The van der Waals surface area contributed by atoms with E-state index in [0.717, 1.165) is 69.6 Å². The van der Waals surface area contributed by atoms with Gasteiger partial charge in [-0.25, -0.2) is 0 Å². The van der Waals surface area contributed by atoms with Gasteiger partial charge in [0.2, 0.25) is 0 Å². The van der Waals surface area contributed by atoms with Gasteiger partial charge in [0.05, 0.1) is 0 Å². The van der Waals surface area contributed by atoms with E-state index in [2.05, 4.69) is 34.6 Å². The predicted octanol–water partition coefficient (Wildman–Crippen LogP) is 16.1. The van der Waals surface area contributed by atoms with Gasteiger partial charge in [0, 0.05) is 19.3 Å². The number of unbranched alkanes of at least 4 members (excludes halogenated alkanes) is 30. The Morgan fingerprint density at radius 3 is 0.860 bits per heavy atom. The molecule has 0 fully saturated rings. The molecule has 1 atom stereocenters. The number of rotatable bonds is 45. The molecular formula is C51H98O6. The maximum Gasteiger partial charge on any atom is 0.306 e. The molecule has 338 valence electrons. The van der Waals surface area contributed by atoms with Gasteiger partial charge in [-0.05, 0) is 31.1 Å². The molecule has 0 N–H and O–H groups in total. The lowest BCUT2D eigenvalue weighted by atomic mass is 10.0. The summed E-state index contributed by atoms with van der Waals surface area (Å²) in [6.45, 7) is 11.3. The topological polar surface area (TPSA) is 78.9 Å². The van der Waals surface area contributed by atoms with Crippen molar-refractivity contribution in [3.8, 4) is 0 Å². The number of esters is 3.